The molecule has 22 heavy (non-hydrogen) atoms. The van der Waals surface area contributed by atoms with E-state index >= 15 is 0 Å². The second kappa shape index (κ2) is 17.9. The Hall–Kier alpha value is -1.14. The summed E-state index contributed by atoms with van der Waals surface area (Å²) >= 11 is 0. The Morgan fingerprint density at radius 3 is 1.95 bits per heavy atom. The molecule has 0 aromatic rings. The molecule has 0 aliphatic rings. The first-order valence-corrected chi connectivity index (χ1v) is 7.76. The second-order valence-electron chi connectivity index (χ2n) is 4.84. The number of carbonyl (C=O) groups is 2. The van der Waals surface area contributed by atoms with E-state index in [0.29, 0.717) is 13.2 Å². The molecule has 0 rings (SSSR count). The minimum atomic E-state index is -0.247. The van der Waals surface area contributed by atoms with E-state index in [1.165, 1.54) is 13.8 Å². The molecule has 0 amide bonds. The summed E-state index contributed by atoms with van der Waals surface area (Å²) in [5.41, 5.74) is 0. The maximum Gasteiger partial charge on any atom is 0.302 e. The van der Waals surface area contributed by atoms with E-state index in [2.05, 4.69) is 6.92 Å². The predicted molar refractivity (Wildman–Crippen MR) is 84.7 cm³/mol. The van der Waals surface area contributed by atoms with Crippen LogP contribution in [0.1, 0.15) is 52.9 Å². The van der Waals surface area contributed by atoms with Gasteiger partial charge in [0.2, 0.25) is 0 Å². The van der Waals surface area contributed by atoms with E-state index in [9.17, 15) is 9.59 Å². The third-order valence-corrected chi connectivity index (χ3v) is 2.71. The third-order valence-electron chi connectivity index (χ3n) is 2.71. The van der Waals surface area contributed by atoms with E-state index in [-0.39, 0.29) is 18.0 Å². The molecule has 0 aromatic heterocycles. The van der Waals surface area contributed by atoms with Gasteiger partial charge in [-0.2, -0.15) is 0 Å². The summed E-state index contributed by atoms with van der Waals surface area (Å²) in [5, 5.41) is 0. The number of unbranched alkanes of at least 4 members (excludes halogenated alkanes) is 2. The Morgan fingerprint density at radius 2 is 1.50 bits per heavy atom. The van der Waals surface area contributed by atoms with Gasteiger partial charge in [0.25, 0.3) is 0 Å². The minimum absolute atomic E-state index is 0.0592. The van der Waals surface area contributed by atoms with Crippen molar-refractivity contribution in [1.82, 2.24) is 0 Å². The van der Waals surface area contributed by atoms with Crippen LogP contribution in [0, 0.1) is 0 Å². The van der Waals surface area contributed by atoms with E-state index in [0.717, 1.165) is 38.7 Å². The molecule has 0 N–H and O–H groups in total. The summed E-state index contributed by atoms with van der Waals surface area (Å²) in [7, 11) is 3.32. The molecule has 6 heteroatoms. The van der Waals surface area contributed by atoms with Crippen molar-refractivity contribution >= 4 is 11.9 Å². The van der Waals surface area contributed by atoms with Crippen LogP contribution in [-0.4, -0.2) is 52.1 Å². The average molecular weight is 320 g/mol. The van der Waals surface area contributed by atoms with Gasteiger partial charge in [-0.3, -0.25) is 9.59 Å². The summed E-state index contributed by atoms with van der Waals surface area (Å²) in [6.07, 6.45) is 5.06. The van der Waals surface area contributed by atoms with E-state index in [4.69, 9.17) is 18.9 Å². The highest BCUT2D eigenvalue weighted by Gasteiger charge is 2.06. The fourth-order valence-electron chi connectivity index (χ4n) is 1.54. The number of carbonyl (C=O) groups excluding carboxylic acids is 2. The van der Waals surface area contributed by atoms with Crippen LogP contribution in [0.25, 0.3) is 0 Å². The second-order valence-corrected chi connectivity index (χ2v) is 4.84. The number of hydrogen-bond acceptors (Lipinski definition) is 6. The summed E-state index contributed by atoms with van der Waals surface area (Å²) in [6, 6.07) is 0. The lowest BCUT2D eigenvalue weighted by Crippen LogP contribution is -2.19. The largest absolute Gasteiger partial charge is 0.466 e. The molecule has 0 saturated carbocycles. The lowest BCUT2D eigenvalue weighted by molar-refractivity contribution is -0.144. The van der Waals surface area contributed by atoms with Crippen molar-refractivity contribution in [2.45, 2.75) is 59.0 Å². The van der Waals surface area contributed by atoms with Crippen LogP contribution in [-0.2, 0) is 28.5 Å². The zero-order chi connectivity index (χ0) is 17.2. The molecule has 0 spiro atoms. The number of rotatable bonds is 11. The van der Waals surface area contributed by atoms with Crippen LogP contribution in [0.2, 0.25) is 0 Å². The van der Waals surface area contributed by atoms with Crippen LogP contribution >= 0.6 is 0 Å². The van der Waals surface area contributed by atoms with Gasteiger partial charge in [0.05, 0.1) is 12.7 Å². The average Bonchev–Trinajstić information content (AvgIpc) is 2.47. The zero-order valence-corrected chi connectivity index (χ0v) is 14.7. The van der Waals surface area contributed by atoms with E-state index in [1.807, 2.05) is 0 Å². The molecule has 0 saturated heterocycles. The summed E-state index contributed by atoms with van der Waals surface area (Å²) in [4.78, 5) is 20.7. The molecule has 1 atom stereocenters. The molecule has 0 radical (unpaired) electrons. The standard InChI is InChI=1S/2C8H16O3/c1-8(9)11-7-5-3-4-6-10-2;1-4-5-8(10-3)6-11-7(2)9/h3-7H2,1-2H3;8H,4-6H2,1-3H3. The van der Waals surface area contributed by atoms with Crippen molar-refractivity contribution < 1.29 is 28.5 Å². The van der Waals surface area contributed by atoms with Crippen LogP contribution in [0.4, 0.5) is 0 Å². The van der Waals surface area contributed by atoms with Crippen LogP contribution in [0.15, 0.2) is 0 Å². The normalized spacial score (nSPS) is 11.1. The lowest BCUT2D eigenvalue weighted by atomic mass is 10.2. The fraction of sp³-hybridized carbons (Fsp3) is 0.875. The van der Waals surface area contributed by atoms with Crippen molar-refractivity contribution in [2.75, 3.05) is 34.0 Å². The van der Waals surface area contributed by atoms with Crippen molar-refractivity contribution in [3.05, 3.63) is 0 Å². The van der Waals surface area contributed by atoms with Crippen LogP contribution in [0.3, 0.4) is 0 Å². The van der Waals surface area contributed by atoms with Gasteiger partial charge in [-0.25, -0.2) is 0 Å². The van der Waals surface area contributed by atoms with Gasteiger partial charge in [-0.15, -0.1) is 0 Å². The number of methoxy groups -OCH3 is 2. The van der Waals surface area contributed by atoms with Gasteiger partial charge in [0.15, 0.2) is 0 Å². The van der Waals surface area contributed by atoms with Crippen molar-refractivity contribution in [3.63, 3.8) is 0 Å². The summed E-state index contributed by atoms with van der Waals surface area (Å²) in [5.74, 6) is -0.445. The van der Waals surface area contributed by atoms with Crippen molar-refractivity contribution in [1.29, 1.82) is 0 Å². The van der Waals surface area contributed by atoms with E-state index in [1.54, 1.807) is 14.2 Å². The molecule has 0 fully saturated rings. The number of hydrogen-bond donors (Lipinski definition) is 0. The first kappa shape index (κ1) is 23.1. The maximum absolute atomic E-state index is 10.4. The lowest BCUT2D eigenvalue weighted by Gasteiger charge is -2.13. The fourth-order valence-corrected chi connectivity index (χ4v) is 1.54. The molecule has 132 valence electrons. The first-order chi connectivity index (χ1) is 10.5. The quantitative estimate of drug-likeness (QED) is 0.430. The minimum Gasteiger partial charge on any atom is -0.466 e. The monoisotopic (exact) mass is 320 g/mol. The predicted octanol–water partition coefficient (Wildman–Crippen LogP) is 2.73. The maximum atomic E-state index is 10.4. The number of esters is 2. The Bertz CT molecular complexity index is 267. The Balaban J connectivity index is 0. The Labute approximate surface area is 134 Å². The molecule has 0 bridgehead atoms. The Kier molecular flexibility index (Phi) is 18.8. The molecule has 0 heterocycles. The van der Waals surface area contributed by atoms with Crippen LogP contribution < -0.4 is 0 Å². The topological polar surface area (TPSA) is 71.1 Å². The molecule has 1 unspecified atom stereocenters. The van der Waals surface area contributed by atoms with Gasteiger partial charge in [-0.05, 0) is 25.7 Å². The SMILES string of the molecule is CCCC(COC(C)=O)OC.COCCCCCOC(C)=O. The van der Waals surface area contributed by atoms with Gasteiger partial charge in [-0.1, -0.05) is 13.3 Å². The molecule has 0 aliphatic carbocycles. The van der Waals surface area contributed by atoms with Crippen molar-refractivity contribution in [2.24, 2.45) is 0 Å². The highest BCUT2D eigenvalue weighted by Crippen LogP contribution is 2.01. The first-order valence-electron chi connectivity index (χ1n) is 7.76. The zero-order valence-electron chi connectivity index (χ0n) is 14.7. The summed E-state index contributed by atoms with van der Waals surface area (Å²) in [6.45, 7) is 6.60. The van der Waals surface area contributed by atoms with Gasteiger partial charge in [0, 0.05) is 34.7 Å². The molecule has 0 aromatic carbocycles. The van der Waals surface area contributed by atoms with Gasteiger partial charge >= 0.3 is 11.9 Å². The molecule has 0 aliphatic heterocycles. The third kappa shape index (κ3) is 21.2. The molecular weight excluding hydrogens is 288 g/mol. The van der Waals surface area contributed by atoms with Crippen LogP contribution in [0.5, 0.6) is 0 Å². The van der Waals surface area contributed by atoms with Gasteiger partial charge in [0.1, 0.15) is 6.61 Å². The highest BCUT2D eigenvalue weighted by atomic mass is 16.6. The van der Waals surface area contributed by atoms with Crippen molar-refractivity contribution in [3.8, 4) is 0 Å². The Morgan fingerprint density at radius 1 is 0.909 bits per heavy atom. The number of ether oxygens (including phenoxy) is 4. The molecular formula is C16H32O6. The summed E-state index contributed by atoms with van der Waals surface area (Å²) < 4.78 is 19.5. The van der Waals surface area contributed by atoms with Gasteiger partial charge < -0.3 is 18.9 Å². The highest BCUT2D eigenvalue weighted by molar-refractivity contribution is 5.66. The smallest absolute Gasteiger partial charge is 0.302 e. The molecule has 6 nitrogen and oxygen atoms in total. The van der Waals surface area contributed by atoms with E-state index < -0.39 is 0 Å².